The molecule has 0 amide bonds. The van der Waals surface area contributed by atoms with Gasteiger partial charge in [0.05, 0.1) is 11.4 Å². The van der Waals surface area contributed by atoms with E-state index in [2.05, 4.69) is 16.5 Å². The molecule has 1 heterocycles. The van der Waals surface area contributed by atoms with E-state index < -0.39 is 10.0 Å². The van der Waals surface area contributed by atoms with Crippen molar-refractivity contribution in [2.75, 3.05) is 30.3 Å². The molecule has 1 aromatic carbocycles. The average molecular weight is 298 g/mol. The summed E-state index contributed by atoms with van der Waals surface area (Å²) in [5, 5.41) is 10.1. The number of fused-ring (bicyclic) bond motifs is 1. The minimum atomic E-state index is -3.16. The third-order valence-electron chi connectivity index (χ3n) is 3.81. The Morgan fingerprint density at radius 1 is 1.45 bits per heavy atom. The van der Waals surface area contributed by atoms with Crippen LogP contribution in [0.1, 0.15) is 31.7 Å². The third-order valence-corrected chi connectivity index (χ3v) is 5.21. The van der Waals surface area contributed by atoms with Gasteiger partial charge in [-0.2, -0.15) is 0 Å². The number of aromatic hydroxyl groups is 1. The minimum Gasteiger partial charge on any atom is -0.506 e. The molecule has 0 saturated carbocycles. The fourth-order valence-corrected chi connectivity index (χ4v) is 3.18. The molecule has 1 atom stereocenters. The average Bonchev–Trinajstić information content (AvgIpc) is 2.42. The molecule has 1 aliphatic rings. The first kappa shape index (κ1) is 15.1. The molecule has 0 aromatic heterocycles. The van der Waals surface area contributed by atoms with Gasteiger partial charge in [-0.1, -0.05) is 19.1 Å². The Kier molecular flexibility index (Phi) is 4.55. The third kappa shape index (κ3) is 3.24. The highest BCUT2D eigenvalue weighted by atomic mass is 32.2. The molecule has 0 aliphatic carbocycles. The van der Waals surface area contributed by atoms with Crippen LogP contribution in [0.25, 0.3) is 0 Å². The molecule has 20 heavy (non-hydrogen) atoms. The van der Waals surface area contributed by atoms with Gasteiger partial charge in [-0.25, -0.2) is 13.1 Å². The molecule has 0 saturated heterocycles. The van der Waals surface area contributed by atoms with Crippen molar-refractivity contribution in [3.05, 3.63) is 23.8 Å². The van der Waals surface area contributed by atoms with Crippen molar-refractivity contribution in [2.24, 2.45) is 0 Å². The predicted octanol–water partition coefficient (Wildman–Crippen LogP) is 1.65. The maximum Gasteiger partial charge on any atom is 0.211 e. The smallest absolute Gasteiger partial charge is 0.211 e. The van der Waals surface area contributed by atoms with Gasteiger partial charge in [0, 0.05) is 19.6 Å². The van der Waals surface area contributed by atoms with Crippen LogP contribution in [0.3, 0.4) is 0 Å². The van der Waals surface area contributed by atoms with Gasteiger partial charge in [-0.15, -0.1) is 0 Å². The van der Waals surface area contributed by atoms with Crippen LogP contribution < -0.4 is 9.62 Å². The quantitative estimate of drug-likeness (QED) is 0.867. The Morgan fingerprint density at radius 2 is 2.20 bits per heavy atom. The van der Waals surface area contributed by atoms with Crippen LogP contribution in [0.15, 0.2) is 18.2 Å². The van der Waals surface area contributed by atoms with E-state index in [9.17, 15) is 13.5 Å². The molecule has 0 radical (unpaired) electrons. The number of anilines is 1. The summed E-state index contributed by atoms with van der Waals surface area (Å²) >= 11 is 0. The zero-order chi connectivity index (χ0) is 14.8. The van der Waals surface area contributed by atoms with E-state index in [1.807, 2.05) is 12.1 Å². The number of para-hydroxylation sites is 1. The van der Waals surface area contributed by atoms with E-state index in [0.29, 0.717) is 19.0 Å². The fraction of sp³-hybridized carbons (Fsp3) is 0.571. The van der Waals surface area contributed by atoms with Gasteiger partial charge in [0.15, 0.2) is 0 Å². The number of benzene rings is 1. The molecular weight excluding hydrogens is 276 g/mol. The molecule has 2 N–H and O–H groups in total. The van der Waals surface area contributed by atoms with Crippen LogP contribution in [-0.4, -0.2) is 38.9 Å². The van der Waals surface area contributed by atoms with Crippen molar-refractivity contribution in [1.82, 2.24) is 4.72 Å². The number of rotatable bonds is 5. The molecule has 2 rings (SSSR count). The summed E-state index contributed by atoms with van der Waals surface area (Å²) in [6, 6.07) is 5.57. The zero-order valence-corrected chi connectivity index (χ0v) is 12.8. The Balaban J connectivity index is 2.10. The maximum atomic E-state index is 11.4. The lowest BCUT2D eigenvalue weighted by Gasteiger charge is -2.35. The van der Waals surface area contributed by atoms with Crippen LogP contribution in [0.2, 0.25) is 0 Å². The SMILES string of the molecule is CCS(=O)(=O)NCCN1CC[C@H](C)c2cccc(O)c21. The monoisotopic (exact) mass is 298 g/mol. The van der Waals surface area contributed by atoms with E-state index in [1.165, 1.54) is 0 Å². The first-order valence-corrected chi connectivity index (χ1v) is 8.64. The van der Waals surface area contributed by atoms with Crippen molar-refractivity contribution < 1.29 is 13.5 Å². The highest BCUT2D eigenvalue weighted by Crippen LogP contribution is 2.40. The van der Waals surface area contributed by atoms with Gasteiger partial charge in [0.1, 0.15) is 5.75 Å². The lowest BCUT2D eigenvalue weighted by atomic mass is 9.91. The van der Waals surface area contributed by atoms with Crippen LogP contribution in [-0.2, 0) is 10.0 Å². The normalized spacial score (nSPS) is 18.9. The summed E-state index contributed by atoms with van der Waals surface area (Å²) in [5.74, 6) is 0.777. The molecule has 1 aromatic rings. The second kappa shape index (κ2) is 6.01. The molecule has 5 nitrogen and oxygen atoms in total. The number of phenolic OH excluding ortho intramolecular Hbond substituents is 1. The van der Waals surface area contributed by atoms with Gasteiger partial charge in [-0.3, -0.25) is 0 Å². The molecule has 112 valence electrons. The van der Waals surface area contributed by atoms with Crippen molar-refractivity contribution in [3.8, 4) is 5.75 Å². The lowest BCUT2D eigenvalue weighted by Crippen LogP contribution is -2.38. The Morgan fingerprint density at radius 3 is 2.90 bits per heavy atom. The van der Waals surface area contributed by atoms with Gasteiger partial charge in [-0.05, 0) is 30.9 Å². The van der Waals surface area contributed by atoms with Crippen LogP contribution >= 0.6 is 0 Å². The first-order valence-electron chi connectivity index (χ1n) is 6.98. The van der Waals surface area contributed by atoms with E-state index in [4.69, 9.17) is 0 Å². The van der Waals surface area contributed by atoms with E-state index in [1.54, 1.807) is 13.0 Å². The summed E-state index contributed by atoms with van der Waals surface area (Å²) in [4.78, 5) is 2.06. The molecule has 6 heteroatoms. The summed E-state index contributed by atoms with van der Waals surface area (Å²) in [6.07, 6.45) is 1.01. The number of hydrogen-bond acceptors (Lipinski definition) is 4. The van der Waals surface area contributed by atoms with Gasteiger partial charge in [0.2, 0.25) is 10.0 Å². The summed E-state index contributed by atoms with van der Waals surface area (Å²) < 4.78 is 25.4. The molecule has 1 aliphatic heterocycles. The molecule has 0 unspecified atom stereocenters. The fourth-order valence-electron chi connectivity index (χ4n) is 2.57. The zero-order valence-electron chi connectivity index (χ0n) is 12.0. The van der Waals surface area contributed by atoms with Crippen molar-refractivity contribution in [1.29, 1.82) is 0 Å². The number of nitrogens with one attached hydrogen (secondary N) is 1. The van der Waals surface area contributed by atoms with Crippen molar-refractivity contribution in [3.63, 3.8) is 0 Å². The lowest BCUT2D eigenvalue weighted by molar-refractivity contribution is 0.467. The largest absolute Gasteiger partial charge is 0.506 e. The predicted molar refractivity (Wildman–Crippen MR) is 80.8 cm³/mol. The number of nitrogens with zero attached hydrogens (tertiary/aromatic N) is 1. The highest BCUT2D eigenvalue weighted by Gasteiger charge is 2.24. The first-order chi connectivity index (χ1) is 9.44. The molecular formula is C14H22N2O3S. The number of hydrogen-bond donors (Lipinski definition) is 2. The van der Waals surface area contributed by atoms with Crippen LogP contribution in [0, 0.1) is 0 Å². The van der Waals surface area contributed by atoms with Crippen LogP contribution in [0.4, 0.5) is 5.69 Å². The molecule has 0 bridgehead atoms. The summed E-state index contributed by atoms with van der Waals surface area (Å²) in [7, 11) is -3.16. The van der Waals surface area contributed by atoms with Gasteiger partial charge >= 0.3 is 0 Å². The molecule has 0 spiro atoms. The van der Waals surface area contributed by atoms with Crippen LogP contribution in [0.5, 0.6) is 5.75 Å². The van der Waals surface area contributed by atoms with Crippen molar-refractivity contribution >= 4 is 15.7 Å². The van der Waals surface area contributed by atoms with E-state index in [0.717, 1.165) is 24.2 Å². The van der Waals surface area contributed by atoms with Gasteiger partial charge < -0.3 is 10.0 Å². The van der Waals surface area contributed by atoms with E-state index in [-0.39, 0.29) is 11.5 Å². The Hall–Kier alpha value is -1.27. The summed E-state index contributed by atoms with van der Waals surface area (Å²) in [5.41, 5.74) is 1.98. The maximum absolute atomic E-state index is 11.4. The Bertz CT molecular complexity index is 572. The van der Waals surface area contributed by atoms with Crippen molar-refractivity contribution in [2.45, 2.75) is 26.2 Å². The molecule has 0 fully saturated rings. The summed E-state index contributed by atoms with van der Waals surface area (Å²) in [6.45, 7) is 5.52. The standard InChI is InChI=1S/C14H22N2O3S/c1-3-20(18,19)15-8-10-16-9-7-11(2)12-5-4-6-13(17)14(12)16/h4-6,11,15,17H,3,7-10H2,1-2H3/t11-/m0/s1. The second-order valence-corrected chi connectivity index (χ2v) is 7.29. The van der Waals surface area contributed by atoms with E-state index >= 15 is 0 Å². The second-order valence-electron chi connectivity index (χ2n) is 5.19. The number of sulfonamides is 1. The Labute approximate surface area is 120 Å². The minimum absolute atomic E-state index is 0.0892. The van der Waals surface area contributed by atoms with Gasteiger partial charge in [0.25, 0.3) is 0 Å². The topological polar surface area (TPSA) is 69.6 Å². The number of phenols is 1. The highest BCUT2D eigenvalue weighted by molar-refractivity contribution is 7.89.